The van der Waals surface area contributed by atoms with Crippen LogP contribution in [0.15, 0.2) is 28.7 Å². The van der Waals surface area contributed by atoms with E-state index in [4.69, 9.17) is 5.11 Å². The smallest absolute Gasteiger partial charge is 0.239 e. The highest BCUT2D eigenvalue weighted by Gasteiger charge is 2.37. The molecule has 2 rings (SSSR count). The van der Waals surface area contributed by atoms with E-state index < -0.39 is 5.92 Å². The number of aliphatic hydroxyl groups excluding tert-OH is 1. The average Bonchev–Trinajstić information content (AvgIpc) is 2.81. The van der Waals surface area contributed by atoms with Crippen molar-refractivity contribution in [3.8, 4) is 0 Å². The number of anilines is 1. The lowest BCUT2D eigenvalue weighted by Crippen LogP contribution is -2.37. The molecule has 1 aliphatic rings. The molecule has 1 atom stereocenters. The molecule has 0 aromatic heterocycles. The topological polar surface area (TPSA) is 69.6 Å². The van der Waals surface area contributed by atoms with Gasteiger partial charge < -0.3 is 15.3 Å². The molecule has 5 nitrogen and oxygen atoms in total. The van der Waals surface area contributed by atoms with Crippen molar-refractivity contribution in [1.29, 1.82) is 0 Å². The van der Waals surface area contributed by atoms with Gasteiger partial charge in [-0.25, -0.2) is 0 Å². The number of carbonyl (C=O) groups is 2. The first-order valence-corrected chi connectivity index (χ1v) is 7.38. The normalized spacial score (nSPS) is 18.4. The summed E-state index contributed by atoms with van der Waals surface area (Å²) < 4.78 is 0.902. The minimum absolute atomic E-state index is 0.0308. The molecule has 1 fully saturated rings. The lowest BCUT2D eigenvalue weighted by atomic mass is 10.1. The average molecular weight is 341 g/mol. The second-order valence-electron chi connectivity index (χ2n) is 4.68. The summed E-state index contributed by atoms with van der Waals surface area (Å²) in [6.07, 6.45) is 1.03. The lowest BCUT2D eigenvalue weighted by Gasteiger charge is -2.17. The Morgan fingerprint density at radius 1 is 1.50 bits per heavy atom. The molecule has 0 saturated carbocycles. The van der Waals surface area contributed by atoms with E-state index >= 15 is 0 Å². The Kier molecular flexibility index (Phi) is 5.14. The SMILES string of the molecule is O=C(NCCCO)C1CCN(c2cccc(Br)c2)C1=O. The number of hydrogen-bond donors (Lipinski definition) is 2. The van der Waals surface area contributed by atoms with Gasteiger partial charge >= 0.3 is 0 Å². The van der Waals surface area contributed by atoms with Crippen LogP contribution in [0.4, 0.5) is 5.69 Å². The molecule has 1 saturated heterocycles. The number of hydrogen-bond acceptors (Lipinski definition) is 3. The van der Waals surface area contributed by atoms with Crippen LogP contribution in [0.1, 0.15) is 12.8 Å². The van der Waals surface area contributed by atoms with Gasteiger partial charge in [-0.15, -0.1) is 0 Å². The first-order chi connectivity index (χ1) is 9.63. The second-order valence-corrected chi connectivity index (χ2v) is 5.59. The highest BCUT2D eigenvalue weighted by Crippen LogP contribution is 2.27. The fourth-order valence-electron chi connectivity index (χ4n) is 2.24. The van der Waals surface area contributed by atoms with Gasteiger partial charge in [-0.05, 0) is 31.0 Å². The van der Waals surface area contributed by atoms with Crippen molar-refractivity contribution >= 4 is 33.4 Å². The van der Waals surface area contributed by atoms with Crippen molar-refractivity contribution in [2.45, 2.75) is 12.8 Å². The van der Waals surface area contributed by atoms with E-state index in [1.807, 2.05) is 24.3 Å². The maximum absolute atomic E-state index is 12.3. The van der Waals surface area contributed by atoms with Gasteiger partial charge in [0.15, 0.2) is 0 Å². The number of carbonyl (C=O) groups excluding carboxylic acids is 2. The minimum Gasteiger partial charge on any atom is -0.396 e. The standard InChI is InChI=1S/C14H17BrN2O3/c15-10-3-1-4-11(9-10)17-7-5-12(14(17)20)13(19)16-6-2-8-18/h1,3-4,9,12,18H,2,5-8H2,(H,16,19). The zero-order valence-corrected chi connectivity index (χ0v) is 12.6. The van der Waals surface area contributed by atoms with Crippen molar-refractivity contribution < 1.29 is 14.7 Å². The first kappa shape index (κ1) is 15.0. The maximum Gasteiger partial charge on any atom is 0.239 e. The Balaban J connectivity index is 2.00. The lowest BCUT2D eigenvalue weighted by molar-refractivity contribution is -0.132. The first-order valence-electron chi connectivity index (χ1n) is 6.59. The fourth-order valence-corrected chi connectivity index (χ4v) is 2.62. The zero-order chi connectivity index (χ0) is 14.5. The maximum atomic E-state index is 12.3. The molecule has 0 radical (unpaired) electrons. The van der Waals surface area contributed by atoms with Crippen LogP contribution >= 0.6 is 15.9 Å². The summed E-state index contributed by atoms with van der Waals surface area (Å²) in [6, 6.07) is 7.48. The van der Waals surface area contributed by atoms with Crippen molar-refractivity contribution in [3.05, 3.63) is 28.7 Å². The predicted molar refractivity (Wildman–Crippen MR) is 79.3 cm³/mol. The van der Waals surface area contributed by atoms with Gasteiger partial charge in [0, 0.05) is 29.9 Å². The molecule has 1 unspecified atom stereocenters. The van der Waals surface area contributed by atoms with Crippen molar-refractivity contribution in [3.63, 3.8) is 0 Å². The van der Waals surface area contributed by atoms with E-state index in [1.165, 1.54) is 0 Å². The highest BCUT2D eigenvalue weighted by molar-refractivity contribution is 9.10. The third kappa shape index (κ3) is 3.37. The van der Waals surface area contributed by atoms with Gasteiger partial charge in [-0.3, -0.25) is 9.59 Å². The zero-order valence-electron chi connectivity index (χ0n) is 11.0. The molecule has 1 aromatic rings. The Morgan fingerprint density at radius 2 is 2.30 bits per heavy atom. The molecule has 6 heteroatoms. The van der Waals surface area contributed by atoms with E-state index in [-0.39, 0.29) is 18.4 Å². The predicted octanol–water partition coefficient (Wildman–Crippen LogP) is 1.30. The molecule has 20 heavy (non-hydrogen) atoms. The second kappa shape index (κ2) is 6.85. The van der Waals surface area contributed by atoms with E-state index in [0.717, 1.165) is 10.2 Å². The summed E-state index contributed by atoms with van der Waals surface area (Å²) in [7, 11) is 0. The van der Waals surface area contributed by atoms with Crippen LogP contribution in [0, 0.1) is 5.92 Å². The fraction of sp³-hybridized carbons (Fsp3) is 0.429. The van der Waals surface area contributed by atoms with Crippen LogP contribution in [0.3, 0.4) is 0 Å². The molecule has 0 spiro atoms. The van der Waals surface area contributed by atoms with Crippen LogP contribution in [0.5, 0.6) is 0 Å². The summed E-state index contributed by atoms with van der Waals surface area (Å²) in [5.74, 6) is -1.03. The number of halogens is 1. The Morgan fingerprint density at radius 3 is 3.00 bits per heavy atom. The number of aliphatic hydroxyl groups is 1. The van der Waals surface area contributed by atoms with Gasteiger partial charge in [-0.1, -0.05) is 22.0 Å². The molecular formula is C14H17BrN2O3. The summed E-state index contributed by atoms with van der Waals surface area (Å²) in [5, 5.41) is 11.4. The third-order valence-corrected chi connectivity index (χ3v) is 3.77. The van der Waals surface area contributed by atoms with Crippen LogP contribution < -0.4 is 10.2 Å². The van der Waals surface area contributed by atoms with Crippen molar-refractivity contribution in [1.82, 2.24) is 5.32 Å². The third-order valence-electron chi connectivity index (χ3n) is 3.28. The highest BCUT2D eigenvalue weighted by atomic mass is 79.9. The quantitative estimate of drug-likeness (QED) is 0.627. The van der Waals surface area contributed by atoms with Crippen LogP contribution in [0.25, 0.3) is 0 Å². The number of nitrogens with one attached hydrogen (secondary N) is 1. The van der Waals surface area contributed by atoms with Crippen LogP contribution in [-0.4, -0.2) is 36.6 Å². The van der Waals surface area contributed by atoms with Crippen molar-refractivity contribution in [2.75, 3.05) is 24.6 Å². The monoisotopic (exact) mass is 340 g/mol. The largest absolute Gasteiger partial charge is 0.396 e. The van der Waals surface area contributed by atoms with Crippen molar-refractivity contribution in [2.24, 2.45) is 5.92 Å². The van der Waals surface area contributed by atoms with E-state index in [9.17, 15) is 9.59 Å². The van der Waals surface area contributed by atoms with Crippen LogP contribution in [0.2, 0.25) is 0 Å². The summed E-state index contributed by atoms with van der Waals surface area (Å²) >= 11 is 3.37. The molecule has 1 aliphatic heterocycles. The Hall–Kier alpha value is -1.40. The van der Waals surface area contributed by atoms with E-state index in [2.05, 4.69) is 21.2 Å². The van der Waals surface area contributed by atoms with Gasteiger partial charge in [0.1, 0.15) is 5.92 Å². The Labute approximate surface area is 126 Å². The Bertz CT molecular complexity index is 507. The van der Waals surface area contributed by atoms with Gasteiger partial charge in [0.2, 0.25) is 11.8 Å². The van der Waals surface area contributed by atoms with Crippen LogP contribution in [-0.2, 0) is 9.59 Å². The summed E-state index contributed by atoms with van der Waals surface area (Å²) in [6.45, 7) is 0.979. The molecule has 0 aliphatic carbocycles. The summed E-state index contributed by atoms with van der Waals surface area (Å²) in [4.78, 5) is 25.9. The number of rotatable bonds is 5. The number of nitrogens with zero attached hydrogens (tertiary/aromatic N) is 1. The molecule has 2 amide bonds. The molecule has 2 N–H and O–H groups in total. The number of benzene rings is 1. The molecular weight excluding hydrogens is 324 g/mol. The molecule has 1 aromatic carbocycles. The van der Waals surface area contributed by atoms with Gasteiger partial charge in [-0.2, -0.15) is 0 Å². The van der Waals surface area contributed by atoms with Gasteiger partial charge in [0.05, 0.1) is 0 Å². The molecule has 0 bridgehead atoms. The van der Waals surface area contributed by atoms with E-state index in [0.29, 0.717) is 25.9 Å². The van der Waals surface area contributed by atoms with E-state index in [1.54, 1.807) is 4.90 Å². The van der Waals surface area contributed by atoms with Gasteiger partial charge in [0.25, 0.3) is 0 Å². The number of amides is 2. The molecule has 108 valence electrons. The minimum atomic E-state index is -0.618. The molecule has 1 heterocycles. The summed E-state index contributed by atoms with van der Waals surface area (Å²) in [5.41, 5.74) is 0.801.